The summed E-state index contributed by atoms with van der Waals surface area (Å²) >= 11 is 0. The minimum Gasteiger partial charge on any atom is -0.454 e. The fraction of sp³-hybridized carbons (Fsp3) is 0.200. The maximum Gasteiger partial charge on any atom is 0.241 e. The van der Waals surface area contributed by atoms with E-state index in [0.717, 1.165) is 22.6 Å². The molecule has 2 aromatic carbocycles. The van der Waals surface area contributed by atoms with Gasteiger partial charge in [-0.3, -0.25) is 0 Å². The minimum absolute atomic E-state index is 0.109. The van der Waals surface area contributed by atoms with Gasteiger partial charge in [0, 0.05) is 29.7 Å². The van der Waals surface area contributed by atoms with Crippen LogP contribution in [0.15, 0.2) is 59.5 Å². The standard InChI is InChI=1S/C20H20N2O4S/c1-14-10-16(15(2)22(14)17-6-4-3-5-7-17)12-21-27(23,24)18-8-9-19-20(11-18)26-13-25-19/h3-11,21H,12-13H2,1-2H3. The highest BCUT2D eigenvalue weighted by Gasteiger charge is 2.21. The van der Waals surface area contributed by atoms with Gasteiger partial charge in [0.1, 0.15) is 0 Å². The highest BCUT2D eigenvalue weighted by atomic mass is 32.2. The number of benzene rings is 2. The summed E-state index contributed by atoms with van der Waals surface area (Å²) in [5.74, 6) is 1.00. The second-order valence-electron chi connectivity index (χ2n) is 6.41. The van der Waals surface area contributed by atoms with Crippen molar-refractivity contribution in [2.45, 2.75) is 25.3 Å². The van der Waals surface area contributed by atoms with E-state index in [1.165, 1.54) is 12.1 Å². The molecule has 1 N–H and O–H groups in total. The van der Waals surface area contributed by atoms with Crippen molar-refractivity contribution in [3.8, 4) is 17.2 Å². The molecule has 0 saturated heterocycles. The number of sulfonamides is 1. The zero-order valence-electron chi connectivity index (χ0n) is 15.1. The van der Waals surface area contributed by atoms with E-state index in [9.17, 15) is 8.42 Å². The molecule has 27 heavy (non-hydrogen) atoms. The molecular formula is C20H20N2O4S. The van der Waals surface area contributed by atoms with Crippen molar-refractivity contribution in [1.29, 1.82) is 0 Å². The Morgan fingerprint density at radius 3 is 2.52 bits per heavy atom. The van der Waals surface area contributed by atoms with Crippen LogP contribution in [0.4, 0.5) is 0 Å². The van der Waals surface area contributed by atoms with Gasteiger partial charge in [0.25, 0.3) is 0 Å². The number of ether oxygens (including phenoxy) is 2. The average molecular weight is 384 g/mol. The Hall–Kier alpha value is -2.77. The molecule has 0 radical (unpaired) electrons. The molecule has 0 spiro atoms. The quantitative estimate of drug-likeness (QED) is 0.733. The summed E-state index contributed by atoms with van der Waals surface area (Å²) in [4.78, 5) is 0.156. The number of nitrogens with one attached hydrogen (secondary N) is 1. The van der Waals surface area contributed by atoms with Crippen LogP contribution in [-0.2, 0) is 16.6 Å². The first-order valence-corrected chi connectivity index (χ1v) is 10.1. The van der Waals surface area contributed by atoms with Crippen molar-refractivity contribution < 1.29 is 17.9 Å². The first-order chi connectivity index (χ1) is 13.0. The number of nitrogens with zero attached hydrogens (tertiary/aromatic N) is 1. The monoisotopic (exact) mass is 384 g/mol. The predicted molar refractivity (Wildman–Crippen MR) is 102 cm³/mol. The number of rotatable bonds is 5. The molecule has 2 heterocycles. The Morgan fingerprint density at radius 2 is 1.74 bits per heavy atom. The molecule has 0 fully saturated rings. The van der Waals surface area contributed by atoms with Crippen LogP contribution in [0.1, 0.15) is 17.0 Å². The van der Waals surface area contributed by atoms with Crippen LogP contribution >= 0.6 is 0 Å². The first-order valence-electron chi connectivity index (χ1n) is 8.58. The molecule has 140 valence electrons. The van der Waals surface area contributed by atoms with Crippen molar-refractivity contribution in [3.63, 3.8) is 0 Å². The SMILES string of the molecule is Cc1cc(CNS(=O)(=O)c2ccc3c(c2)OCO3)c(C)n1-c1ccccc1. The largest absolute Gasteiger partial charge is 0.454 e. The van der Waals surface area contributed by atoms with Gasteiger partial charge in [-0.05, 0) is 49.7 Å². The van der Waals surface area contributed by atoms with E-state index in [4.69, 9.17) is 9.47 Å². The molecule has 0 bridgehead atoms. The van der Waals surface area contributed by atoms with E-state index < -0.39 is 10.0 Å². The third kappa shape index (κ3) is 3.31. The lowest BCUT2D eigenvalue weighted by Gasteiger charge is -2.10. The molecule has 7 heteroatoms. The summed E-state index contributed by atoms with van der Waals surface area (Å²) in [5.41, 5.74) is 4.04. The number of fused-ring (bicyclic) bond motifs is 1. The Balaban J connectivity index is 1.57. The normalized spacial score (nSPS) is 13.1. The van der Waals surface area contributed by atoms with E-state index in [2.05, 4.69) is 9.29 Å². The highest BCUT2D eigenvalue weighted by Crippen LogP contribution is 2.33. The number of aryl methyl sites for hydroxylation is 1. The molecule has 1 aliphatic heterocycles. The van der Waals surface area contributed by atoms with Crippen molar-refractivity contribution in [3.05, 3.63) is 71.5 Å². The number of hydrogen-bond acceptors (Lipinski definition) is 4. The summed E-state index contributed by atoms with van der Waals surface area (Å²) in [6.07, 6.45) is 0. The summed E-state index contributed by atoms with van der Waals surface area (Å²) in [6, 6.07) is 16.6. The van der Waals surface area contributed by atoms with Crippen molar-refractivity contribution >= 4 is 10.0 Å². The second-order valence-corrected chi connectivity index (χ2v) is 8.17. The topological polar surface area (TPSA) is 69.6 Å². The van der Waals surface area contributed by atoms with Crippen molar-refractivity contribution in [2.75, 3.05) is 6.79 Å². The fourth-order valence-electron chi connectivity index (χ4n) is 3.28. The summed E-state index contributed by atoms with van der Waals surface area (Å²) in [6.45, 7) is 4.32. The molecule has 0 atom stereocenters. The van der Waals surface area contributed by atoms with Crippen LogP contribution in [0.2, 0.25) is 0 Å². The molecular weight excluding hydrogens is 364 g/mol. The van der Waals surface area contributed by atoms with E-state index in [-0.39, 0.29) is 18.2 Å². The lowest BCUT2D eigenvalue weighted by Crippen LogP contribution is -2.23. The van der Waals surface area contributed by atoms with Crippen LogP contribution in [0, 0.1) is 13.8 Å². The maximum atomic E-state index is 12.7. The molecule has 1 aromatic heterocycles. The zero-order valence-corrected chi connectivity index (χ0v) is 15.9. The smallest absolute Gasteiger partial charge is 0.241 e. The van der Waals surface area contributed by atoms with Gasteiger partial charge in [-0.1, -0.05) is 18.2 Å². The molecule has 0 saturated carbocycles. The first kappa shape index (κ1) is 17.6. The number of para-hydroxylation sites is 1. The van der Waals surface area contributed by atoms with Crippen LogP contribution in [0.5, 0.6) is 11.5 Å². The van der Waals surface area contributed by atoms with Gasteiger partial charge in [0.15, 0.2) is 11.5 Å². The molecule has 3 aromatic rings. The van der Waals surface area contributed by atoms with Gasteiger partial charge in [0.05, 0.1) is 4.90 Å². The van der Waals surface area contributed by atoms with Crippen molar-refractivity contribution in [2.24, 2.45) is 0 Å². The van der Waals surface area contributed by atoms with Gasteiger partial charge >= 0.3 is 0 Å². The number of aromatic nitrogens is 1. The fourth-order valence-corrected chi connectivity index (χ4v) is 4.30. The Kier molecular flexibility index (Phi) is 4.41. The lowest BCUT2D eigenvalue weighted by atomic mass is 10.2. The Morgan fingerprint density at radius 1 is 1.00 bits per heavy atom. The third-order valence-electron chi connectivity index (χ3n) is 4.66. The zero-order chi connectivity index (χ0) is 19.0. The van der Waals surface area contributed by atoms with E-state index >= 15 is 0 Å². The molecule has 0 aliphatic carbocycles. The third-order valence-corrected chi connectivity index (χ3v) is 6.06. The molecule has 1 aliphatic rings. The Labute approximate surface area is 158 Å². The maximum absolute atomic E-state index is 12.7. The van der Waals surface area contributed by atoms with Gasteiger partial charge in [-0.15, -0.1) is 0 Å². The molecule has 0 unspecified atom stereocenters. The van der Waals surface area contributed by atoms with Gasteiger partial charge in [-0.2, -0.15) is 0 Å². The van der Waals surface area contributed by atoms with Crippen LogP contribution in [0.3, 0.4) is 0 Å². The van der Waals surface area contributed by atoms with Crippen molar-refractivity contribution in [1.82, 2.24) is 9.29 Å². The summed E-state index contributed by atoms with van der Waals surface area (Å²) in [7, 11) is -3.66. The Bertz CT molecular complexity index is 1090. The van der Waals surface area contributed by atoms with E-state index in [1.54, 1.807) is 6.07 Å². The lowest BCUT2D eigenvalue weighted by molar-refractivity contribution is 0.174. The van der Waals surface area contributed by atoms with Crippen LogP contribution < -0.4 is 14.2 Å². The predicted octanol–water partition coefficient (Wildman–Crippen LogP) is 3.30. The minimum atomic E-state index is -3.66. The second kappa shape index (κ2) is 6.75. The van der Waals surface area contributed by atoms with E-state index in [0.29, 0.717) is 11.5 Å². The highest BCUT2D eigenvalue weighted by molar-refractivity contribution is 7.89. The van der Waals surface area contributed by atoms with Gasteiger partial charge in [0.2, 0.25) is 16.8 Å². The van der Waals surface area contributed by atoms with Crippen LogP contribution in [0.25, 0.3) is 5.69 Å². The van der Waals surface area contributed by atoms with Crippen LogP contribution in [-0.4, -0.2) is 19.8 Å². The summed E-state index contributed by atoms with van der Waals surface area (Å²) < 4.78 is 40.6. The summed E-state index contributed by atoms with van der Waals surface area (Å²) in [5, 5.41) is 0. The number of hydrogen-bond donors (Lipinski definition) is 1. The average Bonchev–Trinajstić information content (AvgIpc) is 3.24. The van der Waals surface area contributed by atoms with Gasteiger partial charge < -0.3 is 14.0 Å². The molecule has 6 nitrogen and oxygen atoms in total. The van der Waals surface area contributed by atoms with Gasteiger partial charge in [-0.25, -0.2) is 13.1 Å². The molecule has 0 amide bonds. The molecule has 4 rings (SSSR count). The van der Waals surface area contributed by atoms with E-state index in [1.807, 2.05) is 50.2 Å².